The molecule has 1 aliphatic carbocycles. The Balaban J connectivity index is 0.000000815. The first-order valence-electron chi connectivity index (χ1n) is 9.04. The molecule has 0 aromatic heterocycles. The van der Waals surface area contributed by atoms with Crippen molar-refractivity contribution in [3.8, 4) is 5.75 Å². The number of carbonyl (C=O) groups excluding carboxylic acids is 1. The number of carbonyl (C=O) groups is 1. The maximum atomic E-state index is 12.0. The number of benzene rings is 1. The Morgan fingerprint density at radius 3 is 2.62 bits per heavy atom. The molecular formula is C20H27NO3. The molecule has 1 amide bonds. The van der Waals surface area contributed by atoms with E-state index in [1.807, 2.05) is 49.1 Å². The van der Waals surface area contributed by atoms with Crippen LogP contribution >= 0.6 is 0 Å². The van der Waals surface area contributed by atoms with Crippen molar-refractivity contribution in [2.75, 3.05) is 7.11 Å². The van der Waals surface area contributed by atoms with E-state index in [0.29, 0.717) is 0 Å². The highest BCUT2D eigenvalue weighted by molar-refractivity contribution is 6.10. The maximum absolute atomic E-state index is 12.0. The van der Waals surface area contributed by atoms with Crippen LogP contribution in [0.2, 0.25) is 0 Å². The first-order valence-corrected chi connectivity index (χ1v) is 9.04. The van der Waals surface area contributed by atoms with Crippen molar-refractivity contribution in [2.24, 2.45) is 5.92 Å². The molecule has 0 bridgehead atoms. The lowest BCUT2D eigenvalue weighted by Crippen LogP contribution is -2.50. The molecule has 2 heterocycles. The van der Waals surface area contributed by atoms with Crippen molar-refractivity contribution < 1.29 is 14.6 Å². The molecule has 2 aliphatic heterocycles. The number of hydrogen-bond donors (Lipinski definition) is 1. The zero-order valence-corrected chi connectivity index (χ0v) is 14.8. The van der Waals surface area contributed by atoms with E-state index in [2.05, 4.69) is 0 Å². The van der Waals surface area contributed by atoms with Gasteiger partial charge in [0.1, 0.15) is 11.4 Å². The van der Waals surface area contributed by atoms with Gasteiger partial charge in [0, 0.05) is 12.0 Å². The van der Waals surface area contributed by atoms with Crippen LogP contribution in [0.5, 0.6) is 5.75 Å². The van der Waals surface area contributed by atoms with E-state index in [4.69, 9.17) is 4.74 Å². The summed E-state index contributed by atoms with van der Waals surface area (Å²) in [5.74, 6) is 1.09. The average molecular weight is 329 g/mol. The summed E-state index contributed by atoms with van der Waals surface area (Å²) in [6.45, 7) is 4.00. The number of nitrogens with zero attached hydrogens (tertiary/aromatic N) is 1. The Kier molecular flexibility index (Phi) is 4.68. The minimum Gasteiger partial charge on any atom is -0.497 e. The monoisotopic (exact) mass is 329 g/mol. The highest BCUT2D eigenvalue weighted by atomic mass is 16.5. The number of rotatable bonds is 3. The molecule has 1 aromatic rings. The Bertz CT molecular complexity index is 637. The largest absolute Gasteiger partial charge is 0.497 e. The molecule has 1 saturated heterocycles. The molecule has 1 N–H and O–H groups in total. The second-order valence-corrected chi connectivity index (χ2v) is 6.67. The Labute approximate surface area is 144 Å². The second-order valence-electron chi connectivity index (χ2n) is 6.67. The predicted octanol–water partition coefficient (Wildman–Crippen LogP) is 3.29. The summed E-state index contributed by atoms with van der Waals surface area (Å²) in [5, 5.41) is 11.0. The smallest absolute Gasteiger partial charge is 0.275 e. The van der Waals surface area contributed by atoms with Crippen LogP contribution in [0.1, 0.15) is 45.1 Å². The number of amides is 1. The lowest BCUT2D eigenvalue weighted by molar-refractivity contribution is -0.115. The van der Waals surface area contributed by atoms with Gasteiger partial charge >= 0.3 is 0 Å². The van der Waals surface area contributed by atoms with Gasteiger partial charge in [-0.15, -0.1) is 0 Å². The molecule has 0 spiro atoms. The van der Waals surface area contributed by atoms with Gasteiger partial charge in [0.05, 0.1) is 12.7 Å². The zero-order valence-electron chi connectivity index (χ0n) is 14.8. The van der Waals surface area contributed by atoms with Crippen molar-refractivity contribution in [2.45, 2.75) is 57.6 Å². The summed E-state index contributed by atoms with van der Waals surface area (Å²) in [4.78, 5) is 13.9. The molecule has 4 heteroatoms. The zero-order chi connectivity index (χ0) is 17.3. The van der Waals surface area contributed by atoms with Gasteiger partial charge < -0.3 is 9.84 Å². The molecule has 3 unspecified atom stereocenters. The van der Waals surface area contributed by atoms with E-state index in [1.54, 1.807) is 7.11 Å². The Hall–Kier alpha value is -1.81. The predicted molar refractivity (Wildman–Crippen MR) is 93.7 cm³/mol. The van der Waals surface area contributed by atoms with Crippen molar-refractivity contribution in [3.63, 3.8) is 0 Å². The molecular weight excluding hydrogens is 302 g/mol. The van der Waals surface area contributed by atoms with Crippen molar-refractivity contribution in [1.29, 1.82) is 0 Å². The lowest BCUT2D eigenvalue weighted by atomic mass is 9.69. The van der Waals surface area contributed by atoms with Gasteiger partial charge in [-0.3, -0.25) is 9.69 Å². The van der Waals surface area contributed by atoms with Gasteiger partial charge in [0.15, 0.2) is 0 Å². The van der Waals surface area contributed by atoms with E-state index in [9.17, 15) is 9.90 Å². The van der Waals surface area contributed by atoms with Gasteiger partial charge in [-0.1, -0.05) is 38.8 Å². The summed E-state index contributed by atoms with van der Waals surface area (Å²) in [7, 11) is 1.66. The highest BCUT2D eigenvalue weighted by Crippen LogP contribution is 2.49. The minimum absolute atomic E-state index is 0.0891. The maximum Gasteiger partial charge on any atom is 0.275 e. The van der Waals surface area contributed by atoms with Gasteiger partial charge in [0.2, 0.25) is 0 Å². The van der Waals surface area contributed by atoms with Crippen LogP contribution in [-0.2, 0) is 11.2 Å². The Morgan fingerprint density at radius 2 is 1.96 bits per heavy atom. The molecule has 4 nitrogen and oxygen atoms in total. The third kappa shape index (κ3) is 2.84. The fraction of sp³-hybridized carbons (Fsp3) is 0.550. The fourth-order valence-corrected chi connectivity index (χ4v) is 4.20. The van der Waals surface area contributed by atoms with Gasteiger partial charge in [-0.25, -0.2) is 0 Å². The highest BCUT2D eigenvalue weighted by Gasteiger charge is 2.57. The molecule has 3 aliphatic rings. The number of fused-ring (bicyclic) bond motifs is 2. The van der Waals surface area contributed by atoms with Gasteiger partial charge in [-0.2, -0.15) is 0 Å². The van der Waals surface area contributed by atoms with Gasteiger partial charge in [0.25, 0.3) is 5.91 Å². The quantitative estimate of drug-likeness (QED) is 0.866. The lowest BCUT2D eigenvalue weighted by Gasteiger charge is -2.44. The SMILES string of the molecule is CC.COc1ccc(CC2C3CCCCC3(O)C=C3C(=O)N32)cc1. The third-order valence-electron chi connectivity index (χ3n) is 5.42. The summed E-state index contributed by atoms with van der Waals surface area (Å²) in [6, 6.07) is 8.09. The van der Waals surface area contributed by atoms with Crippen molar-refractivity contribution >= 4 is 5.91 Å². The van der Waals surface area contributed by atoms with Crippen LogP contribution in [0.4, 0.5) is 0 Å². The summed E-state index contributed by atoms with van der Waals surface area (Å²) >= 11 is 0. The normalized spacial score (nSPS) is 30.4. The van der Waals surface area contributed by atoms with Gasteiger partial charge in [-0.05, 0) is 43.0 Å². The number of methoxy groups -OCH3 is 1. The standard InChI is InChI=1S/C18H21NO3.C2H6/c1-22-13-7-5-12(6-8-13)10-15-14-4-2-3-9-18(14,21)11-16-17(20)19(15)16;1-2/h5-8,11,14-15,21H,2-4,9-10H2,1H3;1-2H3. The minimum atomic E-state index is -0.784. The molecule has 2 fully saturated rings. The van der Waals surface area contributed by atoms with Crippen LogP contribution in [-0.4, -0.2) is 34.7 Å². The fourth-order valence-electron chi connectivity index (χ4n) is 4.20. The van der Waals surface area contributed by atoms with E-state index in [0.717, 1.165) is 43.6 Å². The van der Waals surface area contributed by atoms with Crippen LogP contribution in [0.15, 0.2) is 36.0 Å². The van der Waals surface area contributed by atoms with Crippen LogP contribution in [0.3, 0.4) is 0 Å². The van der Waals surface area contributed by atoms with Crippen LogP contribution in [0.25, 0.3) is 0 Å². The summed E-state index contributed by atoms with van der Waals surface area (Å²) in [5.41, 5.74) is 1.12. The number of aliphatic hydroxyl groups is 1. The molecule has 0 radical (unpaired) electrons. The number of ether oxygens (including phenoxy) is 1. The van der Waals surface area contributed by atoms with E-state index < -0.39 is 5.60 Å². The van der Waals surface area contributed by atoms with Crippen molar-refractivity contribution in [1.82, 2.24) is 4.90 Å². The molecule has 4 rings (SSSR count). The molecule has 3 atom stereocenters. The second kappa shape index (κ2) is 6.60. The van der Waals surface area contributed by atoms with E-state index in [1.165, 1.54) is 5.56 Å². The Morgan fingerprint density at radius 1 is 1.25 bits per heavy atom. The first kappa shape index (κ1) is 17.0. The summed E-state index contributed by atoms with van der Waals surface area (Å²) < 4.78 is 5.19. The average Bonchev–Trinajstić information content (AvgIpc) is 3.25. The van der Waals surface area contributed by atoms with Crippen LogP contribution < -0.4 is 4.74 Å². The molecule has 1 saturated carbocycles. The van der Waals surface area contributed by atoms with E-state index in [-0.39, 0.29) is 17.9 Å². The summed E-state index contributed by atoms with van der Waals surface area (Å²) in [6.07, 6.45) is 6.56. The number of hydrogen-bond acceptors (Lipinski definition) is 3. The van der Waals surface area contributed by atoms with Crippen molar-refractivity contribution in [3.05, 3.63) is 41.6 Å². The molecule has 24 heavy (non-hydrogen) atoms. The molecule has 1 aromatic carbocycles. The first-order chi connectivity index (χ1) is 11.6. The third-order valence-corrected chi connectivity index (χ3v) is 5.42. The topological polar surface area (TPSA) is 49.5 Å². The van der Waals surface area contributed by atoms with E-state index >= 15 is 0 Å². The molecule has 130 valence electrons. The van der Waals surface area contributed by atoms with Crippen LogP contribution in [0, 0.1) is 5.92 Å².